The Morgan fingerprint density at radius 3 is 2.57 bits per heavy atom. The third-order valence-corrected chi connectivity index (χ3v) is 8.08. The predicted molar refractivity (Wildman–Crippen MR) is 104 cm³/mol. The molecule has 0 unspecified atom stereocenters. The molecule has 158 valence electrons. The van der Waals surface area contributed by atoms with Gasteiger partial charge in [-0.2, -0.15) is 0 Å². The van der Waals surface area contributed by atoms with Crippen molar-refractivity contribution >= 4 is 27.7 Å². The fourth-order valence-electron chi connectivity index (χ4n) is 4.73. The number of nitrogens with one attached hydrogen (secondary N) is 1. The smallest absolute Gasteiger partial charge is 0.325 e. The van der Waals surface area contributed by atoms with Crippen molar-refractivity contribution in [1.29, 1.82) is 0 Å². The highest BCUT2D eigenvalue weighted by molar-refractivity contribution is 7.91. The fourth-order valence-corrected chi connectivity index (χ4v) is 6.46. The molecule has 0 aromatic carbocycles. The van der Waals surface area contributed by atoms with Crippen LogP contribution in [0.15, 0.2) is 0 Å². The summed E-state index contributed by atoms with van der Waals surface area (Å²) in [6.45, 7) is 5.95. The molecule has 8 nitrogen and oxygen atoms in total. The van der Waals surface area contributed by atoms with Crippen LogP contribution < -0.4 is 5.32 Å². The van der Waals surface area contributed by atoms with Crippen molar-refractivity contribution in [3.05, 3.63) is 0 Å². The number of hydrogen-bond donors (Lipinski definition) is 1. The monoisotopic (exact) mass is 413 g/mol. The Morgan fingerprint density at radius 2 is 2.00 bits per heavy atom. The van der Waals surface area contributed by atoms with Gasteiger partial charge >= 0.3 is 6.03 Å². The molecule has 3 rings (SSSR count). The van der Waals surface area contributed by atoms with Crippen molar-refractivity contribution < 1.29 is 22.8 Å². The molecule has 3 fully saturated rings. The Bertz CT molecular complexity index is 766. The Morgan fingerprint density at radius 1 is 1.29 bits per heavy atom. The van der Waals surface area contributed by atoms with Crippen molar-refractivity contribution in [1.82, 2.24) is 15.1 Å². The average Bonchev–Trinajstić information content (AvgIpc) is 3.08. The van der Waals surface area contributed by atoms with Crippen molar-refractivity contribution in [3.63, 3.8) is 0 Å². The van der Waals surface area contributed by atoms with Crippen LogP contribution in [0.1, 0.15) is 52.9 Å². The van der Waals surface area contributed by atoms with E-state index in [9.17, 15) is 22.8 Å². The van der Waals surface area contributed by atoms with Crippen molar-refractivity contribution in [2.75, 3.05) is 24.6 Å². The number of nitrogens with zero attached hydrogens (tertiary/aromatic N) is 2. The van der Waals surface area contributed by atoms with Crippen molar-refractivity contribution in [2.45, 2.75) is 64.5 Å². The lowest BCUT2D eigenvalue weighted by atomic mass is 9.73. The molecule has 3 aliphatic rings. The lowest BCUT2D eigenvalue weighted by Crippen LogP contribution is -2.54. The zero-order valence-electron chi connectivity index (χ0n) is 16.9. The van der Waals surface area contributed by atoms with Crippen LogP contribution in [0.3, 0.4) is 0 Å². The number of carbonyl (C=O) groups is 3. The van der Waals surface area contributed by atoms with Gasteiger partial charge in [0.05, 0.1) is 11.5 Å². The van der Waals surface area contributed by atoms with E-state index in [4.69, 9.17) is 0 Å². The number of urea groups is 1. The second kappa shape index (κ2) is 7.65. The maximum Gasteiger partial charge on any atom is 0.325 e. The van der Waals surface area contributed by atoms with Gasteiger partial charge in [0.25, 0.3) is 5.91 Å². The minimum absolute atomic E-state index is 0.0320. The van der Waals surface area contributed by atoms with Crippen LogP contribution in [0.25, 0.3) is 0 Å². The standard InChI is InChI=1S/C19H31N3O5S/c1-13(2)10-21(15-7-9-28(26,27)12-15)16(23)11-22-17(24)19(20-18(22)25)8-5-4-6-14(19)3/h13-15H,4-12H2,1-3H3,(H,20,25)/t14-,15-,19+/m1/s1. The molecule has 3 atom stereocenters. The van der Waals surface area contributed by atoms with E-state index in [0.717, 1.165) is 24.2 Å². The number of hydrogen-bond acceptors (Lipinski definition) is 5. The number of imide groups is 1. The summed E-state index contributed by atoms with van der Waals surface area (Å²) in [5, 5.41) is 2.86. The highest BCUT2D eigenvalue weighted by Gasteiger charge is 2.55. The summed E-state index contributed by atoms with van der Waals surface area (Å²) >= 11 is 0. The molecule has 28 heavy (non-hydrogen) atoms. The fraction of sp³-hybridized carbons (Fsp3) is 0.842. The first-order chi connectivity index (χ1) is 13.1. The first-order valence-electron chi connectivity index (χ1n) is 10.2. The van der Waals surface area contributed by atoms with E-state index < -0.39 is 21.4 Å². The van der Waals surface area contributed by atoms with Gasteiger partial charge in [0.2, 0.25) is 5.91 Å². The van der Waals surface area contributed by atoms with E-state index in [1.54, 1.807) is 4.90 Å². The van der Waals surface area contributed by atoms with Gasteiger partial charge in [0.1, 0.15) is 12.1 Å². The summed E-state index contributed by atoms with van der Waals surface area (Å²) < 4.78 is 23.7. The average molecular weight is 414 g/mol. The molecular formula is C19H31N3O5S. The van der Waals surface area contributed by atoms with Crippen LogP contribution in [-0.2, 0) is 19.4 Å². The summed E-state index contributed by atoms with van der Waals surface area (Å²) in [5.41, 5.74) is -0.894. The van der Waals surface area contributed by atoms with Crippen LogP contribution in [0, 0.1) is 11.8 Å². The zero-order valence-corrected chi connectivity index (χ0v) is 17.8. The van der Waals surface area contributed by atoms with Crippen molar-refractivity contribution in [2.24, 2.45) is 11.8 Å². The van der Waals surface area contributed by atoms with Gasteiger partial charge in [-0.25, -0.2) is 13.2 Å². The summed E-state index contributed by atoms with van der Waals surface area (Å²) in [4.78, 5) is 41.2. The third kappa shape index (κ3) is 3.90. The first kappa shape index (κ1) is 21.1. The van der Waals surface area contributed by atoms with Gasteiger partial charge in [-0.15, -0.1) is 0 Å². The Balaban J connectivity index is 1.76. The molecule has 9 heteroatoms. The van der Waals surface area contributed by atoms with Gasteiger partial charge in [-0.3, -0.25) is 14.5 Å². The maximum absolute atomic E-state index is 13.1. The quantitative estimate of drug-likeness (QED) is 0.681. The van der Waals surface area contributed by atoms with Crippen LogP contribution in [0.2, 0.25) is 0 Å². The van der Waals surface area contributed by atoms with Crippen molar-refractivity contribution in [3.8, 4) is 0 Å². The highest BCUT2D eigenvalue weighted by atomic mass is 32.2. The molecule has 0 aromatic rings. The SMILES string of the molecule is CC(C)CN(C(=O)CN1C(=O)N[C@]2(CCCC[C@H]2C)C1=O)[C@@H]1CCS(=O)(=O)C1. The summed E-state index contributed by atoms with van der Waals surface area (Å²) in [5.74, 6) is -0.471. The Kier molecular flexibility index (Phi) is 5.76. The molecule has 1 spiro atoms. The Hall–Kier alpha value is -1.64. The second-order valence-corrected chi connectivity index (χ2v) is 11.2. The van der Waals surface area contributed by atoms with E-state index >= 15 is 0 Å². The summed E-state index contributed by atoms with van der Waals surface area (Å²) in [7, 11) is -3.14. The highest BCUT2D eigenvalue weighted by Crippen LogP contribution is 2.38. The largest absolute Gasteiger partial charge is 0.337 e. The van der Waals surface area contributed by atoms with E-state index in [1.165, 1.54) is 0 Å². The molecular weight excluding hydrogens is 382 g/mol. The Labute approximate surface area is 166 Å². The maximum atomic E-state index is 13.1. The van der Waals surface area contributed by atoms with E-state index in [-0.39, 0.29) is 47.7 Å². The van der Waals surface area contributed by atoms with Crippen LogP contribution in [0.4, 0.5) is 4.79 Å². The zero-order chi connectivity index (χ0) is 20.7. The molecule has 1 N–H and O–H groups in total. The van der Waals surface area contributed by atoms with Gasteiger partial charge in [-0.1, -0.05) is 33.6 Å². The molecule has 1 saturated carbocycles. The lowest BCUT2D eigenvalue weighted by molar-refractivity contribution is -0.141. The molecule has 0 radical (unpaired) electrons. The molecule has 2 heterocycles. The lowest BCUT2D eigenvalue weighted by Gasteiger charge is -2.37. The summed E-state index contributed by atoms with van der Waals surface area (Å²) in [6.07, 6.45) is 3.77. The number of carbonyl (C=O) groups excluding carboxylic acids is 3. The van der Waals surface area contributed by atoms with E-state index in [0.29, 0.717) is 19.4 Å². The molecule has 4 amide bonds. The predicted octanol–water partition coefficient (Wildman–Crippen LogP) is 1.16. The van der Waals surface area contributed by atoms with E-state index in [1.807, 2.05) is 20.8 Å². The molecule has 2 saturated heterocycles. The second-order valence-electron chi connectivity index (χ2n) is 8.94. The van der Waals surface area contributed by atoms with Crippen LogP contribution in [0.5, 0.6) is 0 Å². The van der Waals surface area contributed by atoms with Gasteiger partial charge in [0.15, 0.2) is 9.84 Å². The van der Waals surface area contributed by atoms with Crippen LogP contribution >= 0.6 is 0 Å². The topological polar surface area (TPSA) is 104 Å². The van der Waals surface area contributed by atoms with Gasteiger partial charge in [-0.05, 0) is 31.1 Å². The van der Waals surface area contributed by atoms with E-state index in [2.05, 4.69) is 5.32 Å². The number of amides is 4. The first-order valence-corrected chi connectivity index (χ1v) is 12.0. The molecule has 2 aliphatic heterocycles. The number of sulfone groups is 1. The van der Waals surface area contributed by atoms with Gasteiger partial charge in [0, 0.05) is 12.6 Å². The third-order valence-electron chi connectivity index (χ3n) is 6.33. The minimum atomic E-state index is -3.14. The minimum Gasteiger partial charge on any atom is -0.337 e. The molecule has 1 aliphatic carbocycles. The van der Waals surface area contributed by atoms with Gasteiger partial charge < -0.3 is 10.2 Å². The molecule has 0 aromatic heterocycles. The molecule has 0 bridgehead atoms. The number of rotatable bonds is 5. The summed E-state index contributed by atoms with van der Waals surface area (Å²) in [6, 6.07) is -0.904. The van der Waals surface area contributed by atoms with Crippen LogP contribution in [-0.4, -0.2) is 72.2 Å². The normalized spacial score (nSPS) is 32.2.